The molecular formula is C36H64O5. The van der Waals surface area contributed by atoms with Crippen molar-refractivity contribution in [1.82, 2.24) is 0 Å². The molecule has 1 atom stereocenters. The Balaban J connectivity index is 3.61. The minimum absolute atomic E-state index is 0.0709. The molecule has 0 aliphatic carbocycles. The molecule has 0 rings (SSSR count). The fourth-order valence-corrected chi connectivity index (χ4v) is 4.63. The Labute approximate surface area is 253 Å². The number of carbonyl (C=O) groups is 2. The highest BCUT2D eigenvalue weighted by Crippen LogP contribution is 2.13. The van der Waals surface area contributed by atoms with Gasteiger partial charge in [-0.3, -0.25) is 9.59 Å². The van der Waals surface area contributed by atoms with E-state index in [1.165, 1.54) is 64.2 Å². The summed E-state index contributed by atoms with van der Waals surface area (Å²) in [4.78, 5) is 24.1. The van der Waals surface area contributed by atoms with Crippen LogP contribution in [-0.2, 0) is 19.1 Å². The van der Waals surface area contributed by atoms with Gasteiger partial charge in [-0.1, -0.05) is 140 Å². The van der Waals surface area contributed by atoms with Crippen molar-refractivity contribution >= 4 is 11.9 Å². The van der Waals surface area contributed by atoms with Gasteiger partial charge in [-0.2, -0.15) is 0 Å². The smallest absolute Gasteiger partial charge is 0.306 e. The number of hydrogen-bond donors (Lipinski definition) is 1. The van der Waals surface area contributed by atoms with Crippen molar-refractivity contribution in [2.45, 2.75) is 168 Å². The summed E-state index contributed by atoms with van der Waals surface area (Å²) in [5.74, 6) is -0.611. The summed E-state index contributed by atoms with van der Waals surface area (Å²) in [6.07, 6.45) is 37.6. The van der Waals surface area contributed by atoms with E-state index in [0.29, 0.717) is 12.8 Å². The van der Waals surface area contributed by atoms with Gasteiger partial charge in [0.05, 0.1) is 6.61 Å². The molecule has 0 unspecified atom stereocenters. The van der Waals surface area contributed by atoms with Crippen molar-refractivity contribution in [3.8, 4) is 0 Å². The number of ether oxygens (including phenoxy) is 2. The van der Waals surface area contributed by atoms with E-state index < -0.39 is 6.10 Å². The summed E-state index contributed by atoms with van der Waals surface area (Å²) in [7, 11) is 0. The van der Waals surface area contributed by atoms with Crippen LogP contribution in [0.1, 0.15) is 162 Å². The summed E-state index contributed by atoms with van der Waals surface area (Å²) in [6, 6.07) is 0. The molecule has 5 nitrogen and oxygen atoms in total. The van der Waals surface area contributed by atoms with Gasteiger partial charge in [-0.05, 0) is 44.9 Å². The number of unbranched alkanes of at least 4 members (excludes halogenated alkanes) is 16. The predicted octanol–water partition coefficient (Wildman–Crippen LogP) is 10.1. The summed E-state index contributed by atoms with van der Waals surface area (Å²) < 4.78 is 10.5. The number of hydrogen-bond acceptors (Lipinski definition) is 5. The molecule has 0 fully saturated rings. The summed E-state index contributed by atoms with van der Waals surface area (Å²) in [5, 5.41) is 9.50. The topological polar surface area (TPSA) is 72.8 Å². The second kappa shape index (κ2) is 32.6. The first-order valence-electron chi connectivity index (χ1n) is 17.0. The molecule has 0 saturated carbocycles. The minimum atomic E-state index is -0.775. The lowest BCUT2D eigenvalue weighted by molar-refractivity contribution is -0.161. The summed E-state index contributed by atoms with van der Waals surface area (Å²) >= 11 is 0. The molecule has 0 amide bonds. The van der Waals surface area contributed by atoms with Gasteiger partial charge in [0.15, 0.2) is 6.10 Å². The Hall–Kier alpha value is -1.88. The molecule has 0 aromatic heterocycles. The van der Waals surface area contributed by atoms with Crippen LogP contribution in [0.25, 0.3) is 0 Å². The highest BCUT2D eigenvalue weighted by molar-refractivity contribution is 5.70. The van der Waals surface area contributed by atoms with Crippen molar-refractivity contribution in [3.63, 3.8) is 0 Å². The van der Waals surface area contributed by atoms with Crippen LogP contribution in [-0.4, -0.2) is 36.4 Å². The van der Waals surface area contributed by atoms with Gasteiger partial charge in [0.2, 0.25) is 0 Å². The first-order valence-corrected chi connectivity index (χ1v) is 17.0. The van der Waals surface area contributed by atoms with Gasteiger partial charge < -0.3 is 14.6 Å². The Kier molecular flexibility index (Phi) is 31.1. The number of aliphatic hydroxyl groups is 1. The Morgan fingerprint density at radius 2 is 1.05 bits per heavy atom. The van der Waals surface area contributed by atoms with Crippen LogP contribution in [0.15, 0.2) is 36.5 Å². The maximum atomic E-state index is 12.1. The van der Waals surface area contributed by atoms with Crippen molar-refractivity contribution in [2.75, 3.05) is 13.2 Å². The van der Waals surface area contributed by atoms with Crippen LogP contribution in [0, 0.1) is 0 Å². The fourth-order valence-electron chi connectivity index (χ4n) is 4.63. The average Bonchev–Trinajstić information content (AvgIpc) is 2.97. The lowest BCUT2D eigenvalue weighted by atomic mass is 10.0. The molecule has 0 radical (unpaired) electrons. The third kappa shape index (κ3) is 30.9. The molecule has 238 valence electrons. The molecule has 5 heteroatoms. The number of carbonyl (C=O) groups excluding carboxylic acids is 2. The van der Waals surface area contributed by atoms with Gasteiger partial charge in [0.1, 0.15) is 6.61 Å². The minimum Gasteiger partial charge on any atom is -0.462 e. The van der Waals surface area contributed by atoms with Crippen LogP contribution in [0.4, 0.5) is 0 Å². The third-order valence-corrected chi connectivity index (χ3v) is 7.20. The molecule has 0 bridgehead atoms. The number of aliphatic hydroxyl groups excluding tert-OH is 1. The standard InChI is InChI=1S/C36H64O5/c1-3-5-7-9-11-13-15-17-18-19-21-23-25-27-29-31-36(39)41-34(32-37)33-40-35(38)30-28-26-24-22-20-16-14-12-10-8-6-4-2/h5,7,11,13,17-18,34,37H,3-4,6,8-10,12,14-16,19-33H2,1-2H3/b7-5-,13-11-,18-17-/t34-/m0/s1. The van der Waals surface area contributed by atoms with Crippen LogP contribution >= 0.6 is 0 Å². The highest BCUT2D eigenvalue weighted by Gasteiger charge is 2.16. The Morgan fingerprint density at radius 1 is 0.585 bits per heavy atom. The van der Waals surface area contributed by atoms with Gasteiger partial charge in [-0.25, -0.2) is 0 Å². The van der Waals surface area contributed by atoms with E-state index in [4.69, 9.17) is 9.47 Å². The van der Waals surface area contributed by atoms with E-state index in [0.717, 1.165) is 70.6 Å². The summed E-state index contributed by atoms with van der Waals surface area (Å²) in [6.45, 7) is 3.99. The third-order valence-electron chi connectivity index (χ3n) is 7.20. The van der Waals surface area contributed by atoms with E-state index in [9.17, 15) is 14.7 Å². The zero-order valence-corrected chi connectivity index (χ0v) is 26.8. The predicted molar refractivity (Wildman–Crippen MR) is 173 cm³/mol. The molecule has 0 aromatic carbocycles. The SMILES string of the molecule is CC/C=C\C/C=C\C/C=C\CCCCCCCC(=O)O[C@@H](CO)COC(=O)CCCCCCCCCCCCCC. The largest absolute Gasteiger partial charge is 0.462 e. The Bertz CT molecular complexity index is 667. The van der Waals surface area contributed by atoms with Gasteiger partial charge in [-0.15, -0.1) is 0 Å². The molecule has 0 aliphatic rings. The molecule has 0 saturated heterocycles. The molecule has 0 heterocycles. The lowest BCUT2D eigenvalue weighted by Crippen LogP contribution is -2.28. The molecule has 1 N–H and O–H groups in total. The van der Waals surface area contributed by atoms with Gasteiger partial charge >= 0.3 is 11.9 Å². The van der Waals surface area contributed by atoms with Gasteiger partial charge in [0.25, 0.3) is 0 Å². The van der Waals surface area contributed by atoms with Crippen LogP contribution in [0.5, 0.6) is 0 Å². The monoisotopic (exact) mass is 576 g/mol. The number of allylic oxidation sites excluding steroid dienone is 6. The van der Waals surface area contributed by atoms with Crippen molar-refractivity contribution in [2.24, 2.45) is 0 Å². The molecular weight excluding hydrogens is 512 g/mol. The van der Waals surface area contributed by atoms with E-state index in [-0.39, 0.29) is 25.2 Å². The van der Waals surface area contributed by atoms with E-state index >= 15 is 0 Å². The zero-order chi connectivity index (χ0) is 30.1. The van der Waals surface area contributed by atoms with E-state index in [1.54, 1.807) is 0 Å². The fraction of sp³-hybridized carbons (Fsp3) is 0.778. The quantitative estimate of drug-likeness (QED) is 0.0523. The van der Waals surface area contributed by atoms with Crippen molar-refractivity contribution < 1.29 is 24.2 Å². The zero-order valence-electron chi connectivity index (χ0n) is 26.8. The highest BCUT2D eigenvalue weighted by atomic mass is 16.6. The second-order valence-electron chi connectivity index (χ2n) is 11.2. The van der Waals surface area contributed by atoms with Crippen LogP contribution in [0.3, 0.4) is 0 Å². The summed E-state index contributed by atoms with van der Waals surface area (Å²) in [5.41, 5.74) is 0. The second-order valence-corrected chi connectivity index (χ2v) is 11.2. The maximum absolute atomic E-state index is 12.1. The van der Waals surface area contributed by atoms with Crippen LogP contribution < -0.4 is 0 Å². The van der Waals surface area contributed by atoms with Crippen LogP contribution in [0.2, 0.25) is 0 Å². The molecule has 41 heavy (non-hydrogen) atoms. The van der Waals surface area contributed by atoms with Gasteiger partial charge in [0, 0.05) is 12.8 Å². The van der Waals surface area contributed by atoms with Crippen molar-refractivity contribution in [1.29, 1.82) is 0 Å². The lowest BCUT2D eigenvalue weighted by Gasteiger charge is -2.15. The Morgan fingerprint density at radius 3 is 1.59 bits per heavy atom. The average molecular weight is 577 g/mol. The first-order chi connectivity index (χ1) is 20.1. The van der Waals surface area contributed by atoms with Crippen molar-refractivity contribution in [3.05, 3.63) is 36.5 Å². The number of rotatable bonds is 30. The van der Waals surface area contributed by atoms with E-state index in [1.807, 2.05) is 0 Å². The van der Waals surface area contributed by atoms with E-state index in [2.05, 4.69) is 50.3 Å². The first kappa shape index (κ1) is 39.1. The number of esters is 2. The maximum Gasteiger partial charge on any atom is 0.306 e. The molecule has 0 aromatic rings. The normalized spacial score (nSPS) is 12.6. The molecule has 0 aliphatic heterocycles. The molecule has 0 spiro atoms.